The van der Waals surface area contributed by atoms with Crippen LogP contribution in [-0.2, 0) is 11.3 Å². The summed E-state index contributed by atoms with van der Waals surface area (Å²) >= 11 is 0. The van der Waals surface area contributed by atoms with Crippen molar-refractivity contribution in [3.8, 4) is 11.5 Å². The topological polar surface area (TPSA) is 85.0 Å². The van der Waals surface area contributed by atoms with Gasteiger partial charge in [0.25, 0.3) is 0 Å². The van der Waals surface area contributed by atoms with Crippen molar-refractivity contribution in [3.63, 3.8) is 0 Å². The van der Waals surface area contributed by atoms with E-state index in [9.17, 15) is 4.79 Å². The van der Waals surface area contributed by atoms with Crippen molar-refractivity contribution in [3.05, 3.63) is 59.9 Å². The summed E-state index contributed by atoms with van der Waals surface area (Å²) in [6.45, 7) is 3.14. The van der Waals surface area contributed by atoms with Gasteiger partial charge in [-0.3, -0.25) is 9.78 Å². The second kappa shape index (κ2) is 6.43. The van der Waals surface area contributed by atoms with Crippen molar-refractivity contribution in [1.29, 1.82) is 0 Å². The third kappa shape index (κ3) is 3.13. The number of benzene rings is 1. The average molecular weight is 335 g/mol. The van der Waals surface area contributed by atoms with Gasteiger partial charge < -0.3 is 9.42 Å². The van der Waals surface area contributed by atoms with Crippen LogP contribution >= 0.6 is 0 Å². The van der Waals surface area contributed by atoms with Crippen LogP contribution in [-0.4, -0.2) is 37.5 Å². The van der Waals surface area contributed by atoms with Gasteiger partial charge in [0, 0.05) is 19.3 Å². The van der Waals surface area contributed by atoms with Gasteiger partial charge in [-0.2, -0.15) is 4.98 Å². The lowest BCUT2D eigenvalue weighted by atomic mass is 10.1. The van der Waals surface area contributed by atoms with Crippen molar-refractivity contribution in [2.45, 2.75) is 25.8 Å². The molecule has 126 valence electrons. The van der Waals surface area contributed by atoms with E-state index in [0.717, 1.165) is 11.3 Å². The van der Waals surface area contributed by atoms with E-state index < -0.39 is 0 Å². The molecular formula is C18H17N5O2. The molecule has 3 heterocycles. The average Bonchev–Trinajstić information content (AvgIpc) is 3.24. The zero-order chi connectivity index (χ0) is 17.2. The number of hydrogen-bond donors (Lipinski definition) is 0. The Morgan fingerprint density at radius 3 is 2.80 bits per heavy atom. The van der Waals surface area contributed by atoms with Gasteiger partial charge in [-0.25, -0.2) is 4.98 Å². The second-order valence-electron chi connectivity index (χ2n) is 6.09. The molecule has 0 radical (unpaired) electrons. The molecule has 0 bridgehead atoms. The molecule has 25 heavy (non-hydrogen) atoms. The van der Waals surface area contributed by atoms with Crippen molar-refractivity contribution in [2.75, 3.05) is 6.54 Å². The summed E-state index contributed by atoms with van der Waals surface area (Å²) in [4.78, 5) is 27.3. The molecule has 3 aromatic rings. The molecule has 1 aliphatic heterocycles. The van der Waals surface area contributed by atoms with E-state index in [1.54, 1.807) is 12.4 Å². The zero-order valence-electron chi connectivity index (χ0n) is 13.8. The maximum atomic E-state index is 12.7. The Morgan fingerprint density at radius 2 is 2.04 bits per heavy atom. The highest BCUT2D eigenvalue weighted by Gasteiger charge is 2.36. The summed E-state index contributed by atoms with van der Waals surface area (Å²) in [5.41, 5.74) is 2.46. The highest BCUT2D eigenvalue weighted by molar-refractivity contribution is 5.84. The lowest BCUT2D eigenvalue weighted by Crippen LogP contribution is -2.26. The Morgan fingerprint density at radius 1 is 1.20 bits per heavy atom. The molecule has 7 nitrogen and oxygen atoms in total. The predicted octanol–water partition coefficient (Wildman–Crippen LogP) is 2.35. The van der Waals surface area contributed by atoms with Crippen LogP contribution < -0.4 is 0 Å². The van der Waals surface area contributed by atoms with E-state index in [2.05, 4.69) is 20.1 Å². The second-order valence-corrected chi connectivity index (χ2v) is 6.09. The molecule has 4 rings (SSSR count). The van der Waals surface area contributed by atoms with E-state index in [4.69, 9.17) is 4.52 Å². The normalized spacial score (nSPS) is 17.2. The minimum atomic E-state index is -0.386. The van der Waals surface area contributed by atoms with E-state index in [1.165, 1.54) is 0 Å². The van der Waals surface area contributed by atoms with Crippen molar-refractivity contribution in [1.82, 2.24) is 25.0 Å². The van der Waals surface area contributed by atoms with Crippen LogP contribution in [0.15, 0.2) is 47.2 Å². The number of likely N-dealkylation sites (tertiary alicyclic amines) is 1. The van der Waals surface area contributed by atoms with Crippen LogP contribution in [0.3, 0.4) is 0 Å². The quantitative estimate of drug-likeness (QED) is 0.727. The van der Waals surface area contributed by atoms with Gasteiger partial charge in [0.05, 0.1) is 11.9 Å². The fourth-order valence-corrected chi connectivity index (χ4v) is 2.92. The largest absolute Gasteiger partial charge is 0.338 e. The van der Waals surface area contributed by atoms with Crippen molar-refractivity contribution < 1.29 is 9.32 Å². The fourth-order valence-electron chi connectivity index (χ4n) is 2.92. The van der Waals surface area contributed by atoms with Crippen LogP contribution in [0.2, 0.25) is 0 Å². The predicted molar refractivity (Wildman–Crippen MR) is 89.3 cm³/mol. The highest BCUT2D eigenvalue weighted by Crippen LogP contribution is 2.29. The summed E-state index contributed by atoms with van der Waals surface area (Å²) in [5, 5.41) is 3.94. The van der Waals surface area contributed by atoms with Gasteiger partial charge in [0.15, 0.2) is 0 Å². The number of nitrogens with zero attached hydrogens (tertiary/aromatic N) is 5. The third-order valence-corrected chi connectivity index (χ3v) is 4.26. The number of amides is 1. The summed E-state index contributed by atoms with van der Waals surface area (Å²) < 4.78 is 5.33. The molecule has 1 fully saturated rings. The van der Waals surface area contributed by atoms with Crippen LogP contribution in [0.1, 0.15) is 29.5 Å². The van der Waals surface area contributed by atoms with Gasteiger partial charge in [0.1, 0.15) is 11.6 Å². The Hall–Kier alpha value is -3.09. The van der Waals surface area contributed by atoms with E-state index in [0.29, 0.717) is 36.9 Å². The first-order valence-electron chi connectivity index (χ1n) is 8.16. The highest BCUT2D eigenvalue weighted by atomic mass is 16.5. The Balaban J connectivity index is 1.49. The lowest BCUT2D eigenvalue weighted by Gasteiger charge is -2.15. The molecule has 0 aliphatic carbocycles. The molecule has 1 unspecified atom stereocenters. The Labute approximate surface area is 144 Å². The maximum absolute atomic E-state index is 12.7. The van der Waals surface area contributed by atoms with Crippen LogP contribution in [0.25, 0.3) is 11.5 Å². The summed E-state index contributed by atoms with van der Waals surface area (Å²) in [7, 11) is 0. The number of rotatable bonds is 4. The first kappa shape index (κ1) is 15.4. The molecule has 7 heteroatoms. The SMILES string of the molecule is Cc1cnc(-c2noc(C3CCN(Cc4ccccc4)C3=O)n2)cn1. The molecule has 0 spiro atoms. The molecule has 2 aromatic heterocycles. The molecule has 0 N–H and O–H groups in total. The summed E-state index contributed by atoms with van der Waals surface area (Å²) in [5.74, 6) is 0.340. The molecule has 1 amide bonds. The number of aryl methyl sites for hydroxylation is 1. The molecule has 1 atom stereocenters. The van der Waals surface area contributed by atoms with Crippen LogP contribution in [0, 0.1) is 6.92 Å². The molecule has 1 saturated heterocycles. The third-order valence-electron chi connectivity index (χ3n) is 4.26. The maximum Gasteiger partial charge on any atom is 0.239 e. The lowest BCUT2D eigenvalue weighted by molar-refractivity contribution is -0.129. The van der Waals surface area contributed by atoms with Gasteiger partial charge in [-0.05, 0) is 18.9 Å². The first-order valence-corrected chi connectivity index (χ1v) is 8.16. The smallest absolute Gasteiger partial charge is 0.239 e. The van der Waals surface area contributed by atoms with E-state index >= 15 is 0 Å². The standard InChI is InChI=1S/C18H17N5O2/c1-12-9-20-15(10-19-12)16-21-17(25-22-16)14-7-8-23(18(14)24)11-13-5-3-2-4-6-13/h2-6,9-10,14H,7-8,11H2,1H3. The van der Waals surface area contributed by atoms with Gasteiger partial charge in [-0.15, -0.1) is 0 Å². The molecule has 0 saturated carbocycles. The number of hydrogen-bond acceptors (Lipinski definition) is 6. The number of aromatic nitrogens is 4. The number of carbonyl (C=O) groups excluding carboxylic acids is 1. The van der Waals surface area contributed by atoms with Crippen LogP contribution in [0.4, 0.5) is 0 Å². The van der Waals surface area contributed by atoms with Gasteiger partial charge in [-0.1, -0.05) is 35.5 Å². The minimum absolute atomic E-state index is 0.0223. The number of carbonyl (C=O) groups is 1. The fraction of sp³-hybridized carbons (Fsp3) is 0.278. The van der Waals surface area contributed by atoms with Crippen LogP contribution in [0.5, 0.6) is 0 Å². The van der Waals surface area contributed by atoms with E-state index in [1.807, 2.05) is 42.2 Å². The van der Waals surface area contributed by atoms with Crippen molar-refractivity contribution in [2.24, 2.45) is 0 Å². The first-order chi connectivity index (χ1) is 12.2. The van der Waals surface area contributed by atoms with Crippen molar-refractivity contribution >= 4 is 5.91 Å². The Kier molecular flexibility index (Phi) is 3.97. The monoisotopic (exact) mass is 335 g/mol. The minimum Gasteiger partial charge on any atom is -0.338 e. The summed E-state index contributed by atoms with van der Waals surface area (Å²) in [6.07, 6.45) is 3.92. The van der Waals surface area contributed by atoms with Gasteiger partial charge in [0.2, 0.25) is 17.6 Å². The zero-order valence-corrected chi connectivity index (χ0v) is 13.8. The van der Waals surface area contributed by atoms with Gasteiger partial charge >= 0.3 is 0 Å². The van der Waals surface area contributed by atoms with E-state index in [-0.39, 0.29) is 11.8 Å². The molecule has 1 aromatic carbocycles. The Bertz CT molecular complexity index is 876. The molecule has 1 aliphatic rings. The molecular weight excluding hydrogens is 318 g/mol. The summed E-state index contributed by atoms with van der Waals surface area (Å²) in [6, 6.07) is 9.94.